The van der Waals surface area contributed by atoms with Gasteiger partial charge in [-0.15, -0.1) is 12.6 Å². The van der Waals surface area contributed by atoms with E-state index in [0.29, 0.717) is 0 Å². The average molecular weight is 315 g/mol. The van der Waals surface area contributed by atoms with E-state index in [1.807, 2.05) is 0 Å². The molecule has 0 spiro atoms. The van der Waals surface area contributed by atoms with E-state index in [1.54, 1.807) is 0 Å². The maximum Gasteiger partial charge on any atom is 0.357 e. The minimum absolute atomic E-state index is 0.0655. The highest BCUT2D eigenvalue weighted by Gasteiger charge is 2.54. The molecular weight excluding hydrogens is 302 g/mol. The summed E-state index contributed by atoms with van der Waals surface area (Å²) in [5, 5.41) is 29.4. The van der Waals surface area contributed by atoms with E-state index in [0.717, 1.165) is 4.40 Å². The summed E-state index contributed by atoms with van der Waals surface area (Å²) in [5.74, 6) is -0.171. The van der Waals surface area contributed by atoms with Crippen molar-refractivity contribution in [1.29, 1.82) is 0 Å². The van der Waals surface area contributed by atoms with Crippen molar-refractivity contribution in [2.24, 2.45) is 0 Å². The summed E-state index contributed by atoms with van der Waals surface area (Å²) in [6.07, 6.45) is -0.853. The van der Waals surface area contributed by atoms with Crippen LogP contribution in [0.2, 0.25) is 0 Å². The van der Waals surface area contributed by atoms with Crippen LogP contribution in [0.1, 0.15) is 6.23 Å². The third-order valence-corrected chi connectivity index (χ3v) is 3.83. The van der Waals surface area contributed by atoms with Gasteiger partial charge in [0.1, 0.15) is 12.2 Å². The van der Waals surface area contributed by atoms with Crippen molar-refractivity contribution in [3.63, 3.8) is 0 Å². The standard InChI is InChI=1S/C10H13N5O5S/c11-7-12-8-14(1-2-15(8)9(18)13-7)6-10(19,21)5(17)4(3-16)20-6/h1-2,4-6,16-17,19,21H,3H2,(H2,11,13,18)/t4-,5-,6-,10+/m1/s1. The molecule has 11 heteroatoms. The Bertz CT molecular complexity index is 743. The van der Waals surface area contributed by atoms with E-state index in [2.05, 4.69) is 22.6 Å². The van der Waals surface area contributed by atoms with Crippen LogP contribution in [0.3, 0.4) is 0 Å². The third-order valence-electron chi connectivity index (χ3n) is 3.34. The number of anilines is 1. The average Bonchev–Trinajstić information content (AvgIpc) is 2.91. The van der Waals surface area contributed by atoms with Crippen molar-refractivity contribution in [1.82, 2.24) is 18.9 Å². The fourth-order valence-electron chi connectivity index (χ4n) is 2.29. The molecule has 0 amide bonds. The van der Waals surface area contributed by atoms with Gasteiger partial charge in [-0.25, -0.2) is 9.20 Å². The zero-order valence-electron chi connectivity index (χ0n) is 10.6. The van der Waals surface area contributed by atoms with Crippen LogP contribution in [0.25, 0.3) is 5.78 Å². The van der Waals surface area contributed by atoms with E-state index in [1.165, 1.54) is 17.0 Å². The number of thiol groups is 1. The Labute approximate surface area is 122 Å². The maximum atomic E-state index is 11.7. The second kappa shape index (κ2) is 4.68. The summed E-state index contributed by atoms with van der Waals surface area (Å²) >= 11 is 4.00. The first-order valence-corrected chi connectivity index (χ1v) is 6.43. The summed E-state index contributed by atoms with van der Waals surface area (Å²) in [6, 6.07) is 0. The molecular formula is C10H13N5O5S. The Balaban J connectivity index is 2.15. The predicted octanol–water partition coefficient (Wildman–Crippen LogP) is -2.66. The normalized spacial score (nSPS) is 32.9. The van der Waals surface area contributed by atoms with Crippen molar-refractivity contribution < 1.29 is 20.1 Å². The minimum Gasteiger partial charge on any atom is -0.394 e. The highest BCUT2D eigenvalue weighted by molar-refractivity contribution is 7.81. The Morgan fingerprint density at radius 1 is 1.48 bits per heavy atom. The van der Waals surface area contributed by atoms with E-state index in [4.69, 9.17) is 15.6 Å². The van der Waals surface area contributed by atoms with Crippen LogP contribution in [-0.2, 0) is 4.74 Å². The van der Waals surface area contributed by atoms with Crippen molar-refractivity contribution in [2.45, 2.75) is 23.4 Å². The van der Waals surface area contributed by atoms with E-state index < -0.39 is 35.7 Å². The molecule has 114 valence electrons. The monoisotopic (exact) mass is 315 g/mol. The van der Waals surface area contributed by atoms with Gasteiger partial charge in [0, 0.05) is 12.4 Å². The van der Waals surface area contributed by atoms with Gasteiger partial charge in [0.05, 0.1) is 6.61 Å². The lowest BCUT2D eigenvalue weighted by Gasteiger charge is -2.26. The number of nitrogens with two attached hydrogens (primary N) is 1. The van der Waals surface area contributed by atoms with Crippen molar-refractivity contribution in [3.05, 3.63) is 22.9 Å². The number of rotatable bonds is 2. The first-order chi connectivity index (χ1) is 9.86. The highest BCUT2D eigenvalue weighted by atomic mass is 32.1. The minimum atomic E-state index is -1.98. The molecule has 0 radical (unpaired) electrons. The van der Waals surface area contributed by atoms with Crippen LogP contribution < -0.4 is 11.4 Å². The molecule has 3 rings (SSSR count). The molecule has 1 fully saturated rings. The van der Waals surface area contributed by atoms with Gasteiger partial charge in [-0.05, 0) is 0 Å². The van der Waals surface area contributed by atoms with Crippen molar-refractivity contribution in [3.8, 4) is 0 Å². The van der Waals surface area contributed by atoms with Gasteiger partial charge in [0.2, 0.25) is 11.7 Å². The van der Waals surface area contributed by atoms with Crippen molar-refractivity contribution in [2.75, 3.05) is 12.3 Å². The molecule has 0 bridgehead atoms. The molecule has 10 nitrogen and oxygen atoms in total. The van der Waals surface area contributed by atoms with Gasteiger partial charge in [0.15, 0.2) is 11.2 Å². The number of imidazole rings is 1. The lowest BCUT2D eigenvalue weighted by molar-refractivity contribution is -0.0579. The molecule has 1 aliphatic rings. The lowest BCUT2D eigenvalue weighted by Crippen LogP contribution is -2.42. The summed E-state index contributed by atoms with van der Waals surface area (Å²) in [7, 11) is 0. The molecule has 3 heterocycles. The predicted molar refractivity (Wildman–Crippen MR) is 72.6 cm³/mol. The summed E-state index contributed by atoms with van der Waals surface area (Å²) < 4.78 is 7.77. The molecule has 1 aliphatic heterocycles. The number of fused-ring (bicyclic) bond motifs is 1. The molecule has 2 aromatic rings. The quantitative estimate of drug-likeness (QED) is 0.298. The number of ether oxygens (including phenoxy) is 1. The first-order valence-electron chi connectivity index (χ1n) is 5.98. The molecule has 0 aromatic carbocycles. The van der Waals surface area contributed by atoms with Crippen LogP contribution in [0.15, 0.2) is 17.2 Å². The van der Waals surface area contributed by atoms with Crippen LogP contribution in [-0.4, -0.2) is 58.0 Å². The Kier molecular flexibility index (Phi) is 3.18. The summed E-state index contributed by atoms with van der Waals surface area (Å²) in [5.41, 5.74) is 4.80. The topological polar surface area (TPSA) is 148 Å². The molecule has 4 atom stereocenters. The number of aliphatic hydroxyl groups is 3. The summed E-state index contributed by atoms with van der Waals surface area (Å²) in [4.78, 5) is 17.1. The molecule has 0 saturated carbocycles. The zero-order chi connectivity index (χ0) is 15.4. The molecule has 21 heavy (non-hydrogen) atoms. The van der Waals surface area contributed by atoms with Crippen LogP contribution in [0, 0.1) is 0 Å². The fraction of sp³-hybridized carbons (Fsp3) is 0.500. The van der Waals surface area contributed by atoms with Gasteiger partial charge >= 0.3 is 5.69 Å². The fourth-order valence-corrected chi connectivity index (χ4v) is 2.64. The van der Waals surface area contributed by atoms with Crippen LogP contribution in [0.5, 0.6) is 0 Å². The Morgan fingerprint density at radius 2 is 2.19 bits per heavy atom. The lowest BCUT2D eigenvalue weighted by atomic mass is 10.1. The highest BCUT2D eigenvalue weighted by Crippen LogP contribution is 2.41. The van der Waals surface area contributed by atoms with Crippen LogP contribution >= 0.6 is 12.6 Å². The smallest absolute Gasteiger partial charge is 0.357 e. The van der Waals surface area contributed by atoms with Crippen LogP contribution in [0.4, 0.5) is 5.95 Å². The third kappa shape index (κ3) is 2.01. The van der Waals surface area contributed by atoms with E-state index in [9.17, 15) is 15.0 Å². The largest absolute Gasteiger partial charge is 0.394 e. The number of hydrogen-bond donors (Lipinski definition) is 5. The molecule has 5 N–H and O–H groups in total. The number of aromatic nitrogens is 4. The van der Waals surface area contributed by atoms with Gasteiger partial charge in [0.25, 0.3) is 0 Å². The second-order valence-corrected chi connectivity index (χ2v) is 5.39. The number of aliphatic hydroxyl groups excluding tert-OH is 2. The first kappa shape index (κ1) is 14.3. The zero-order valence-corrected chi connectivity index (χ0v) is 11.5. The molecule has 1 saturated heterocycles. The number of hydrogen-bond acceptors (Lipinski definition) is 9. The SMILES string of the molecule is Nc1nc(=O)n2ccn([C@@H]3O[C@H](CO)[C@@H](O)[C@]3(O)S)c2n1. The maximum absolute atomic E-state index is 11.7. The Morgan fingerprint density at radius 3 is 2.81 bits per heavy atom. The van der Waals surface area contributed by atoms with Crippen molar-refractivity contribution >= 4 is 24.4 Å². The van der Waals surface area contributed by atoms with Gasteiger partial charge < -0.3 is 25.8 Å². The second-order valence-electron chi connectivity index (χ2n) is 4.68. The Hall–Kier alpha value is -1.66. The van der Waals surface area contributed by atoms with E-state index >= 15 is 0 Å². The summed E-state index contributed by atoms with van der Waals surface area (Å²) in [6.45, 7) is -0.503. The van der Waals surface area contributed by atoms with Gasteiger partial charge in [-0.3, -0.25) is 4.57 Å². The number of nitrogen functional groups attached to an aromatic ring is 1. The van der Waals surface area contributed by atoms with Gasteiger partial charge in [-0.2, -0.15) is 9.97 Å². The molecule has 2 aromatic heterocycles. The number of nitrogens with zero attached hydrogens (tertiary/aromatic N) is 4. The molecule has 0 aliphatic carbocycles. The molecule has 0 unspecified atom stereocenters. The van der Waals surface area contributed by atoms with Gasteiger partial charge in [-0.1, -0.05) is 0 Å². The van der Waals surface area contributed by atoms with E-state index in [-0.39, 0.29) is 11.7 Å².